The van der Waals surface area contributed by atoms with Crippen molar-refractivity contribution in [3.05, 3.63) is 63.8 Å². The number of hydrogen-bond donors (Lipinski definition) is 1. The monoisotopic (exact) mass is 432 g/mol. The number of sulfonamides is 1. The largest absolute Gasteiger partial charge is 0.308 e. The second-order valence-electron chi connectivity index (χ2n) is 8.44. The second kappa shape index (κ2) is 8.05. The molecule has 3 aromatic rings. The topological polar surface area (TPSA) is 68.2 Å². The highest BCUT2D eigenvalue weighted by Crippen LogP contribution is 2.29. The Labute approximate surface area is 176 Å². The minimum Gasteiger partial charge on any atom is -0.296 e. The molecule has 0 radical (unpaired) electrons. The van der Waals surface area contributed by atoms with Crippen molar-refractivity contribution in [3.63, 3.8) is 0 Å². The first-order chi connectivity index (χ1) is 13.5. The van der Waals surface area contributed by atoms with Crippen LogP contribution in [0.5, 0.6) is 0 Å². The van der Waals surface area contributed by atoms with Crippen molar-refractivity contribution in [2.75, 3.05) is 0 Å². The summed E-state index contributed by atoms with van der Waals surface area (Å²) in [5, 5.41) is 0. The van der Waals surface area contributed by atoms with E-state index in [9.17, 15) is 13.2 Å². The van der Waals surface area contributed by atoms with Gasteiger partial charge in [0.15, 0.2) is 0 Å². The average Bonchev–Trinajstić information content (AvgIpc) is 2.96. The van der Waals surface area contributed by atoms with Gasteiger partial charge in [-0.2, -0.15) is 0 Å². The standard InChI is InChI=1S/C22H28N2O3S2/c1-15(2)24-19-12-11-18(13-20(19)28-21(24)25)29(26,27)23-16(3)14-22(4,5)17-9-7-6-8-10-17/h6-13,15-16,23H,14H2,1-5H3/t16-/m0/s1. The minimum absolute atomic E-state index is 0.0251. The first-order valence-corrected chi connectivity index (χ1v) is 12.0. The van der Waals surface area contributed by atoms with Crippen LogP contribution in [0.25, 0.3) is 10.2 Å². The summed E-state index contributed by atoms with van der Waals surface area (Å²) in [6.45, 7) is 10.00. The molecule has 0 fully saturated rings. The summed E-state index contributed by atoms with van der Waals surface area (Å²) >= 11 is 1.08. The van der Waals surface area contributed by atoms with Crippen LogP contribution in [0.2, 0.25) is 0 Å². The predicted molar refractivity (Wildman–Crippen MR) is 120 cm³/mol. The quantitative estimate of drug-likeness (QED) is 0.589. The van der Waals surface area contributed by atoms with Crippen molar-refractivity contribution in [1.82, 2.24) is 9.29 Å². The highest BCUT2D eigenvalue weighted by atomic mass is 32.2. The van der Waals surface area contributed by atoms with E-state index < -0.39 is 10.0 Å². The molecule has 5 nitrogen and oxygen atoms in total. The Hall–Kier alpha value is -1.96. The highest BCUT2D eigenvalue weighted by Gasteiger charge is 2.26. The van der Waals surface area contributed by atoms with Crippen LogP contribution in [0.3, 0.4) is 0 Å². The van der Waals surface area contributed by atoms with E-state index in [1.165, 1.54) is 5.56 Å². The number of aromatic nitrogens is 1. The average molecular weight is 433 g/mol. The molecule has 3 rings (SSSR count). The zero-order valence-electron chi connectivity index (χ0n) is 17.5. The molecule has 29 heavy (non-hydrogen) atoms. The fraction of sp³-hybridized carbons (Fsp3) is 0.409. The van der Waals surface area contributed by atoms with Gasteiger partial charge in [0.2, 0.25) is 10.0 Å². The molecule has 156 valence electrons. The van der Waals surface area contributed by atoms with Crippen molar-refractivity contribution >= 4 is 31.6 Å². The molecule has 0 aliphatic heterocycles. The van der Waals surface area contributed by atoms with Gasteiger partial charge in [-0.25, -0.2) is 13.1 Å². The summed E-state index contributed by atoms with van der Waals surface area (Å²) in [4.78, 5) is 12.3. The number of thiazole rings is 1. The molecule has 7 heteroatoms. The SMILES string of the molecule is CC(C)n1c(=O)sc2cc(S(=O)(=O)N[C@@H](C)CC(C)(C)c3ccccc3)ccc21. The van der Waals surface area contributed by atoms with Gasteiger partial charge in [0.25, 0.3) is 0 Å². The Morgan fingerprint density at radius 2 is 1.72 bits per heavy atom. The highest BCUT2D eigenvalue weighted by molar-refractivity contribution is 7.89. The van der Waals surface area contributed by atoms with Crippen LogP contribution in [-0.2, 0) is 15.4 Å². The smallest absolute Gasteiger partial charge is 0.296 e. The van der Waals surface area contributed by atoms with E-state index >= 15 is 0 Å². The number of nitrogens with zero attached hydrogens (tertiary/aromatic N) is 1. The van der Waals surface area contributed by atoms with Crippen LogP contribution in [0.1, 0.15) is 52.6 Å². The Balaban J connectivity index is 1.83. The lowest BCUT2D eigenvalue weighted by Crippen LogP contribution is -2.37. The first kappa shape index (κ1) is 21.7. The van der Waals surface area contributed by atoms with E-state index in [2.05, 4.69) is 30.7 Å². The summed E-state index contributed by atoms with van der Waals surface area (Å²) in [6.07, 6.45) is 0.662. The third-order valence-corrected chi connectivity index (χ3v) is 7.64. The van der Waals surface area contributed by atoms with E-state index in [-0.39, 0.29) is 27.3 Å². The van der Waals surface area contributed by atoms with Crippen LogP contribution >= 0.6 is 11.3 Å². The molecule has 2 aromatic carbocycles. The number of rotatable bonds is 7. The van der Waals surface area contributed by atoms with E-state index in [0.29, 0.717) is 11.1 Å². The molecule has 0 spiro atoms. The fourth-order valence-corrected chi connectivity index (χ4v) is 6.22. The lowest BCUT2D eigenvalue weighted by molar-refractivity contribution is 0.418. The zero-order chi connectivity index (χ0) is 21.4. The van der Waals surface area contributed by atoms with Crippen molar-refractivity contribution in [2.45, 2.75) is 63.4 Å². The van der Waals surface area contributed by atoms with Gasteiger partial charge in [0, 0.05) is 12.1 Å². The van der Waals surface area contributed by atoms with Crippen LogP contribution in [0.15, 0.2) is 58.2 Å². The Kier molecular flexibility index (Phi) is 6.03. The number of nitrogens with one attached hydrogen (secondary N) is 1. The van der Waals surface area contributed by atoms with Crippen LogP contribution in [-0.4, -0.2) is 19.0 Å². The van der Waals surface area contributed by atoms with E-state index in [1.54, 1.807) is 22.8 Å². The summed E-state index contributed by atoms with van der Waals surface area (Å²) in [7, 11) is -3.68. The third-order valence-electron chi connectivity index (χ3n) is 5.14. The summed E-state index contributed by atoms with van der Waals surface area (Å²) in [6, 6.07) is 14.8. The van der Waals surface area contributed by atoms with Crippen LogP contribution < -0.4 is 9.60 Å². The van der Waals surface area contributed by atoms with Gasteiger partial charge in [0.05, 0.1) is 15.1 Å². The van der Waals surface area contributed by atoms with Gasteiger partial charge < -0.3 is 0 Å². The Morgan fingerprint density at radius 1 is 1.07 bits per heavy atom. The summed E-state index contributed by atoms with van der Waals surface area (Å²) in [5.41, 5.74) is 1.78. The van der Waals surface area contributed by atoms with Gasteiger partial charge in [-0.05, 0) is 56.4 Å². The number of hydrogen-bond acceptors (Lipinski definition) is 4. The van der Waals surface area contributed by atoms with Gasteiger partial charge in [-0.3, -0.25) is 9.36 Å². The fourth-order valence-electron chi connectivity index (χ4n) is 3.82. The number of benzene rings is 2. The molecule has 0 saturated heterocycles. The van der Waals surface area contributed by atoms with E-state index in [4.69, 9.17) is 0 Å². The molecule has 0 bridgehead atoms. The van der Waals surface area contributed by atoms with Crippen molar-refractivity contribution in [2.24, 2.45) is 0 Å². The normalized spacial score (nSPS) is 13.9. The zero-order valence-corrected chi connectivity index (χ0v) is 19.1. The minimum atomic E-state index is -3.68. The molecule has 0 amide bonds. The van der Waals surface area contributed by atoms with E-state index in [1.807, 2.05) is 39.0 Å². The molecule has 1 aromatic heterocycles. The second-order valence-corrected chi connectivity index (χ2v) is 11.1. The van der Waals surface area contributed by atoms with Gasteiger partial charge in [-0.15, -0.1) is 0 Å². The molecular weight excluding hydrogens is 404 g/mol. The van der Waals surface area contributed by atoms with E-state index in [0.717, 1.165) is 16.9 Å². The molecule has 0 aliphatic rings. The lowest BCUT2D eigenvalue weighted by atomic mass is 9.79. The predicted octanol–water partition coefficient (Wildman–Crippen LogP) is 4.68. The first-order valence-electron chi connectivity index (χ1n) is 9.74. The molecule has 0 aliphatic carbocycles. The molecular formula is C22H28N2O3S2. The lowest BCUT2D eigenvalue weighted by Gasteiger charge is -2.29. The summed E-state index contributed by atoms with van der Waals surface area (Å²) in [5.74, 6) is 0. The molecule has 0 saturated carbocycles. The van der Waals surface area contributed by atoms with Crippen molar-refractivity contribution < 1.29 is 8.42 Å². The molecule has 0 unspecified atom stereocenters. The maximum Gasteiger partial charge on any atom is 0.308 e. The summed E-state index contributed by atoms with van der Waals surface area (Å²) < 4.78 is 31.1. The van der Waals surface area contributed by atoms with Gasteiger partial charge in [-0.1, -0.05) is 55.5 Å². The third kappa shape index (κ3) is 4.63. The maximum atomic E-state index is 12.9. The van der Waals surface area contributed by atoms with Crippen LogP contribution in [0, 0.1) is 0 Å². The maximum absolute atomic E-state index is 12.9. The molecule has 1 atom stereocenters. The Bertz CT molecular complexity index is 1160. The van der Waals surface area contributed by atoms with Crippen molar-refractivity contribution in [1.29, 1.82) is 0 Å². The van der Waals surface area contributed by atoms with Crippen LogP contribution in [0.4, 0.5) is 0 Å². The molecule has 1 N–H and O–H groups in total. The van der Waals surface area contributed by atoms with Crippen molar-refractivity contribution in [3.8, 4) is 0 Å². The van der Waals surface area contributed by atoms with Gasteiger partial charge in [0.1, 0.15) is 0 Å². The molecule has 1 heterocycles. The Morgan fingerprint density at radius 3 is 2.34 bits per heavy atom. The van der Waals surface area contributed by atoms with Gasteiger partial charge >= 0.3 is 4.87 Å². The number of fused-ring (bicyclic) bond motifs is 1.